The van der Waals surface area contributed by atoms with Crippen LogP contribution in [0.15, 0.2) is 53.6 Å². The Morgan fingerprint density at radius 1 is 1.17 bits per heavy atom. The molecule has 1 amide bonds. The maximum Gasteiger partial charge on any atom is 0.259 e. The summed E-state index contributed by atoms with van der Waals surface area (Å²) in [6.07, 6.45) is 8.51. The molecule has 182 valence electrons. The molecule has 3 aliphatic rings. The van der Waals surface area contributed by atoms with Gasteiger partial charge in [-0.2, -0.15) is 0 Å². The minimum atomic E-state index is -0.842. The van der Waals surface area contributed by atoms with Crippen LogP contribution in [-0.4, -0.2) is 59.2 Å². The van der Waals surface area contributed by atoms with E-state index in [9.17, 15) is 9.59 Å². The van der Waals surface area contributed by atoms with Crippen LogP contribution in [0.1, 0.15) is 31.2 Å². The molecule has 3 aromatic rings. The number of carbonyl (C=O) groups excluding carboxylic acids is 1. The van der Waals surface area contributed by atoms with Crippen LogP contribution in [0.2, 0.25) is 0 Å². The van der Waals surface area contributed by atoms with Crippen molar-refractivity contribution in [1.82, 2.24) is 19.7 Å². The Morgan fingerprint density at radius 3 is 2.80 bits per heavy atom. The zero-order valence-electron chi connectivity index (χ0n) is 19.7. The fraction of sp³-hybridized carbons (Fsp3) is 0.462. The fourth-order valence-corrected chi connectivity index (χ4v) is 4.95. The van der Waals surface area contributed by atoms with Gasteiger partial charge in [-0.15, -0.1) is 0 Å². The molecule has 9 heteroatoms. The van der Waals surface area contributed by atoms with E-state index in [1.165, 1.54) is 29.7 Å². The molecular weight excluding hydrogens is 444 g/mol. The molecule has 3 aromatic heterocycles. The highest BCUT2D eigenvalue weighted by Crippen LogP contribution is 2.34. The van der Waals surface area contributed by atoms with Crippen molar-refractivity contribution < 1.29 is 9.53 Å². The van der Waals surface area contributed by atoms with Crippen LogP contribution in [0.25, 0.3) is 5.65 Å². The van der Waals surface area contributed by atoms with Crippen LogP contribution in [0.3, 0.4) is 0 Å². The summed E-state index contributed by atoms with van der Waals surface area (Å²) in [5.74, 6) is 1.80. The maximum absolute atomic E-state index is 13.3. The van der Waals surface area contributed by atoms with Crippen LogP contribution in [0, 0.1) is 5.92 Å². The normalized spacial score (nSPS) is 21.5. The largest absolute Gasteiger partial charge is 0.378 e. The number of aromatic nitrogens is 3. The van der Waals surface area contributed by atoms with Crippen LogP contribution in [0.4, 0.5) is 11.6 Å². The van der Waals surface area contributed by atoms with Crippen LogP contribution in [-0.2, 0) is 14.9 Å². The number of carbonyl (C=O) groups is 1. The Hall–Kier alpha value is -3.30. The number of ether oxygens (including phenoxy) is 1. The standard InChI is InChI=1S/C26H30N6O3/c33-24-12-21(29-23-5-1-2-11-32(23)24)30-25(34)26(16-35-17-26)19-8-9-22(28-14-19)31-10-3-4-20(15-31)27-13-18-6-7-18/h1-2,5,8-9,11-12,14,18,20,27H,3-4,6-7,10,13,15-17H2,(H,30,34)/t20-/m1/s1. The molecule has 6 rings (SSSR count). The molecule has 5 heterocycles. The van der Waals surface area contributed by atoms with E-state index in [2.05, 4.69) is 20.5 Å². The van der Waals surface area contributed by atoms with Crippen molar-refractivity contribution in [2.24, 2.45) is 5.92 Å². The van der Waals surface area contributed by atoms with E-state index in [1.54, 1.807) is 30.6 Å². The second-order valence-electron chi connectivity index (χ2n) is 9.98. The summed E-state index contributed by atoms with van der Waals surface area (Å²) in [5.41, 5.74) is 0.197. The van der Waals surface area contributed by atoms with Gasteiger partial charge in [0.1, 0.15) is 22.7 Å². The number of nitrogens with zero attached hydrogens (tertiary/aromatic N) is 4. The van der Waals surface area contributed by atoms with Gasteiger partial charge in [-0.3, -0.25) is 14.0 Å². The molecule has 3 fully saturated rings. The summed E-state index contributed by atoms with van der Waals surface area (Å²) >= 11 is 0. The third kappa shape index (κ3) is 4.41. The molecule has 0 bridgehead atoms. The predicted octanol–water partition coefficient (Wildman–Crippen LogP) is 1.96. The minimum absolute atomic E-state index is 0.236. The molecule has 0 spiro atoms. The number of amides is 1. The van der Waals surface area contributed by atoms with Crippen molar-refractivity contribution in [1.29, 1.82) is 0 Å². The molecule has 1 atom stereocenters. The molecular formula is C26H30N6O3. The number of pyridine rings is 2. The number of hydrogen-bond donors (Lipinski definition) is 2. The first-order valence-electron chi connectivity index (χ1n) is 12.4. The van der Waals surface area contributed by atoms with Gasteiger partial charge in [-0.1, -0.05) is 12.1 Å². The summed E-state index contributed by atoms with van der Waals surface area (Å²) < 4.78 is 6.90. The van der Waals surface area contributed by atoms with Gasteiger partial charge in [0, 0.05) is 37.6 Å². The van der Waals surface area contributed by atoms with E-state index in [0.29, 0.717) is 11.7 Å². The molecule has 9 nitrogen and oxygen atoms in total. The SMILES string of the molecule is O=C(Nc1cc(=O)n2ccccc2n1)C1(c2ccc(N3CCC[C@@H](NCC4CC4)C3)nc2)COC1. The Balaban J connectivity index is 1.16. The minimum Gasteiger partial charge on any atom is -0.378 e. The second kappa shape index (κ2) is 9.05. The Morgan fingerprint density at radius 2 is 2.06 bits per heavy atom. The highest BCUT2D eigenvalue weighted by atomic mass is 16.5. The van der Waals surface area contributed by atoms with E-state index in [0.717, 1.165) is 43.4 Å². The van der Waals surface area contributed by atoms with Gasteiger partial charge in [-0.25, -0.2) is 9.97 Å². The Kier molecular flexibility index (Phi) is 5.74. The monoisotopic (exact) mass is 474 g/mol. The Bertz CT molecular complexity index is 1280. The smallest absolute Gasteiger partial charge is 0.259 e. The number of anilines is 2. The van der Waals surface area contributed by atoms with Crippen LogP contribution < -0.4 is 21.1 Å². The Labute approximate surface area is 203 Å². The number of rotatable bonds is 7. The number of hydrogen-bond acceptors (Lipinski definition) is 7. The summed E-state index contributed by atoms with van der Waals surface area (Å²) in [6.45, 7) is 3.61. The van der Waals surface area contributed by atoms with Gasteiger partial charge in [0.2, 0.25) is 5.91 Å². The molecule has 0 aromatic carbocycles. The quantitative estimate of drug-likeness (QED) is 0.540. The number of piperidine rings is 1. The van der Waals surface area contributed by atoms with Gasteiger partial charge in [0.15, 0.2) is 0 Å². The van der Waals surface area contributed by atoms with Crippen molar-refractivity contribution >= 4 is 23.2 Å². The first kappa shape index (κ1) is 22.2. The second-order valence-corrected chi connectivity index (χ2v) is 9.98. The van der Waals surface area contributed by atoms with Crippen LogP contribution in [0.5, 0.6) is 0 Å². The average molecular weight is 475 g/mol. The third-order valence-electron chi connectivity index (χ3n) is 7.38. The van der Waals surface area contributed by atoms with Crippen molar-refractivity contribution in [3.63, 3.8) is 0 Å². The van der Waals surface area contributed by atoms with Gasteiger partial charge in [0.25, 0.3) is 5.56 Å². The van der Waals surface area contributed by atoms with Gasteiger partial charge < -0.3 is 20.3 Å². The lowest BCUT2D eigenvalue weighted by molar-refractivity contribution is -0.139. The molecule has 0 radical (unpaired) electrons. The van der Waals surface area contributed by atoms with Gasteiger partial charge in [0.05, 0.1) is 13.2 Å². The fourth-order valence-electron chi connectivity index (χ4n) is 4.95. The zero-order valence-corrected chi connectivity index (χ0v) is 19.7. The summed E-state index contributed by atoms with van der Waals surface area (Å²) in [7, 11) is 0. The average Bonchev–Trinajstić information content (AvgIpc) is 3.67. The van der Waals surface area contributed by atoms with E-state index < -0.39 is 5.41 Å². The van der Waals surface area contributed by atoms with Crippen molar-refractivity contribution in [3.05, 3.63) is 64.7 Å². The number of fused-ring (bicyclic) bond motifs is 1. The van der Waals surface area contributed by atoms with Gasteiger partial charge in [-0.05, 0) is 61.9 Å². The molecule has 1 aliphatic carbocycles. The molecule has 35 heavy (non-hydrogen) atoms. The molecule has 2 aliphatic heterocycles. The van der Waals surface area contributed by atoms with Gasteiger partial charge >= 0.3 is 0 Å². The summed E-state index contributed by atoms with van der Waals surface area (Å²) in [5, 5.41) is 6.56. The number of nitrogens with one attached hydrogen (secondary N) is 2. The molecule has 2 saturated heterocycles. The first-order chi connectivity index (χ1) is 17.1. The first-order valence-corrected chi connectivity index (χ1v) is 12.4. The lowest BCUT2D eigenvalue weighted by Crippen LogP contribution is -2.55. The highest BCUT2D eigenvalue weighted by Gasteiger charge is 2.48. The van der Waals surface area contributed by atoms with E-state index in [-0.39, 0.29) is 30.5 Å². The van der Waals surface area contributed by atoms with E-state index in [4.69, 9.17) is 9.72 Å². The van der Waals surface area contributed by atoms with Crippen molar-refractivity contribution in [2.75, 3.05) is 43.1 Å². The zero-order chi connectivity index (χ0) is 23.8. The topological polar surface area (TPSA) is 101 Å². The van der Waals surface area contributed by atoms with E-state index in [1.807, 2.05) is 12.1 Å². The molecule has 1 saturated carbocycles. The molecule has 0 unspecified atom stereocenters. The third-order valence-corrected chi connectivity index (χ3v) is 7.38. The lowest BCUT2D eigenvalue weighted by atomic mass is 9.78. The predicted molar refractivity (Wildman–Crippen MR) is 133 cm³/mol. The van der Waals surface area contributed by atoms with Crippen molar-refractivity contribution in [3.8, 4) is 0 Å². The van der Waals surface area contributed by atoms with Crippen molar-refractivity contribution in [2.45, 2.75) is 37.1 Å². The maximum atomic E-state index is 13.3. The van der Waals surface area contributed by atoms with E-state index >= 15 is 0 Å². The summed E-state index contributed by atoms with van der Waals surface area (Å²) in [4.78, 5) is 37.2. The summed E-state index contributed by atoms with van der Waals surface area (Å²) in [6, 6.07) is 11.1. The lowest BCUT2D eigenvalue weighted by Gasteiger charge is -2.40. The van der Waals surface area contributed by atoms with Crippen LogP contribution >= 0.6 is 0 Å². The highest BCUT2D eigenvalue weighted by molar-refractivity contribution is 5.99. The molecule has 2 N–H and O–H groups in total.